The van der Waals surface area contributed by atoms with Gasteiger partial charge in [0.2, 0.25) is 5.76 Å². The van der Waals surface area contributed by atoms with Gasteiger partial charge in [-0.05, 0) is 35.7 Å². The number of hydrogen-bond acceptors (Lipinski definition) is 5. The highest BCUT2D eigenvalue weighted by molar-refractivity contribution is 6.03. The Kier molecular flexibility index (Phi) is 7.63. The van der Waals surface area contributed by atoms with E-state index in [9.17, 15) is 19.5 Å². The molecule has 0 fully saturated rings. The number of aliphatic carboxylic acids is 1. The average molecular weight is 499 g/mol. The van der Waals surface area contributed by atoms with Crippen molar-refractivity contribution < 1.29 is 24.0 Å². The number of carbonyl (C=O) groups excluding carboxylic acids is 2. The van der Waals surface area contributed by atoms with Crippen LogP contribution in [0.1, 0.15) is 24.4 Å². The molecule has 4 aromatic rings. The van der Waals surface area contributed by atoms with E-state index in [0.29, 0.717) is 33.8 Å². The first kappa shape index (κ1) is 25.2. The van der Waals surface area contributed by atoms with Gasteiger partial charge in [0.25, 0.3) is 5.91 Å². The van der Waals surface area contributed by atoms with Gasteiger partial charge in [-0.25, -0.2) is 9.59 Å². The van der Waals surface area contributed by atoms with Crippen LogP contribution in [-0.4, -0.2) is 34.2 Å². The molecule has 0 radical (unpaired) electrons. The molecule has 0 saturated carbocycles. The van der Waals surface area contributed by atoms with Crippen molar-refractivity contribution in [2.75, 3.05) is 10.6 Å². The van der Waals surface area contributed by atoms with E-state index in [-0.39, 0.29) is 17.7 Å². The van der Waals surface area contributed by atoms with Crippen LogP contribution in [0.2, 0.25) is 0 Å². The standard InChI is InChI=1S/C28H26N4O5/c1-17(2)23(27(34)35)31-26(33)25-22(18-9-5-3-6-10-18)24(32-37-25)19-13-15-21(16-14-19)30-28(36)29-20-11-7-4-8-12-20/h3-17,23H,1-2H3,(H,31,33)(H,34,35)(H2,29,30,36)/t23-/m0/s1. The van der Waals surface area contributed by atoms with Crippen molar-refractivity contribution in [2.45, 2.75) is 19.9 Å². The van der Waals surface area contributed by atoms with Crippen LogP contribution in [0.3, 0.4) is 0 Å². The van der Waals surface area contributed by atoms with Gasteiger partial charge in [0.15, 0.2) is 0 Å². The molecule has 0 aliphatic heterocycles. The van der Waals surface area contributed by atoms with E-state index >= 15 is 0 Å². The van der Waals surface area contributed by atoms with E-state index in [2.05, 4.69) is 21.1 Å². The van der Waals surface area contributed by atoms with Crippen LogP contribution in [0.5, 0.6) is 0 Å². The Morgan fingerprint density at radius 1 is 0.784 bits per heavy atom. The number of urea groups is 1. The number of amides is 3. The van der Waals surface area contributed by atoms with Crippen molar-refractivity contribution in [3.05, 3.63) is 90.7 Å². The normalized spacial score (nSPS) is 11.5. The molecule has 0 aliphatic carbocycles. The van der Waals surface area contributed by atoms with Gasteiger partial charge in [-0.1, -0.05) is 79.7 Å². The van der Waals surface area contributed by atoms with Gasteiger partial charge in [0, 0.05) is 16.9 Å². The summed E-state index contributed by atoms with van der Waals surface area (Å²) in [6.45, 7) is 3.41. The van der Waals surface area contributed by atoms with Gasteiger partial charge in [0.1, 0.15) is 11.7 Å². The average Bonchev–Trinajstić information content (AvgIpc) is 3.33. The third-order valence-corrected chi connectivity index (χ3v) is 5.63. The number of anilines is 2. The fourth-order valence-corrected chi connectivity index (χ4v) is 3.76. The van der Waals surface area contributed by atoms with Crippen molar-refractivity contribution in [2.24, 2.45) is 5.92 Å². The number of para-hydroxylation sites is 1. The number of benzene rings is 3. The van der Waals surface area contributed by atoms with Crippen LogP contribution in [0.25, 0.3) is 22.4 Å². The lowest BCUT2D eigenvalue weighted by atomic mass is 9.98. The zero-order valence-corrected chi connectivity index (χ0v) is 20.3. The molecule has 0 spiro atoms. The first-order valence-corrected chi connectivity index (χ1v) is 11.7. The van der Waals surface area contributed by atoms with Crippen LogP contribution >= 0.6 is 0 Å². The highest BCUT2D eigenvalue weighted by Gasteiger charge is 2.29. The number of nitrogens with zero attached hydrogens (tertiary/aromatic N) is 1. The Bertz CT molecular complexity index is 1380. The number of carboxylic acid groups (broad SMARTS) is 1. The largest absolute Gasteiger partial charge is 0.480 e. The SMILES string of the molecule is CC(C)[C@H](NC(=O)c1onc(-c2ccc(NC(=O)Nc3ccccc3)cc2)c1-c1ccccc1)C(=O)O. The molecule has 4 N–H and O–H groups in total. The lowest BCUT2D eigenvalue weighted by molar-refractivity contribution is -0.140. The van der Waals surface area contributed by atoms with Crippen LogP contribution in [0, 0.1) is 5.92 Å². The predicted molar refractivity (Wildman–Crippen MR) is 140 cm³/mol. The summed E-state index contributed by atoms with van der Waals surface area (Å²) in [4.78, 5) is 37.0. The highest BCUT2D eigenvalue weighted by Crippen LogP contribution is 2.35. The quantitative estimate of drug-likeness (QED) is 0.254. The maximum atomic E-state index is 13.1. The molecule has 9 nitrogen and oxygen atoms in total. The minimum absolute atomic E-state index is 0.0856. The summed E-state index contributed by atoms with van der Waals surface area (Å²) < 4.78 is 5.45. The summed E-state index contributed by atoms with van der Waals surface area (Å²) in [5.41, 5.74) is 3.40. The minimum atomic E-state index is -1.14. The summed E-state index contributed by atoms with van der Waals surface area (Å²) in [7, 11) is 0. The van der Waals surface area contributed by atoms with Crippen LogP contribution in [0.4, 0.5) is 16.2 Å². The molecule has 37 heavy (non-hydrogen) atoms. The number of carbonyl (C=O) groups is 3. The van der Waals surface area contributed by atoms with Crippen LogP contribution in [-0.2, 0) is 4.79 Å². The topological polar surface area (TPSA) is 134 Å². The van der Waals surface area contributed by atoms with Crippen molar-refractivity contribution in [3.8, 4) is 22.4 Å². The monoisotopic (exact) mass is 498 g/mol. The van der Waals surface area contributed by atoms with E-state index in [1.165, 1.54) is 0 Å². The van der Waals surface area contributed by atoms with Crippen molar-refractivity contribution in [3.63, 3.8) is 0 Å². The third kappa shape index (κ3) is 6.02. The maximum Gasteiger partial charge on any atom is 0.326 e. The van der Waals surface area contributed by atoms with Gasteiger partial charge in [0.05, 0.1) is 5.56 Å². The molecule has 3 amide bonds. The summed E-state index contributed by atoms with van der Waals surface area (Å²) in [5.74, 6) is -2.22. The Morgan fingerprint density at radius 3 is 1.92 bits per heavy atom. The lowest BCUT2D eigenvalue weighted by Gasteiger charge is -2.17. The smallest absolute Gasteiger partial charge is 0.326 e. The molecule has 1 atom stereocenters. The molecule has 0 aliphatic rings. The Morgan fingerprint density at radius 2 is 1.35 bits per heavy atom. The summed E-state index contributed by atoms with van der Waals surface area (Å²) in [6.07, 6.45) is 0. The van der Waals surface area contributed by atoms with Crippen LogP contribution < -0.4 is 16.0 Å². The Labute approximate surface area is 213 Å². The third-order valence-electron chi connectivity index (χ3n) is 5.63. The zero-order valence-electron chi connectivity index (χ0n) is 20.3. The molecular weight excluding hydrogens is 472 g/mol. The zero-order chi connectivity index (χ0) is 26.4. The van der Waals surface area contributed by atoms with Gasteiger partial charge in [-0.3, -0.25) is 4.79 Å². The second-order valence-electron chi connectivity index (χ2n) is 8.66. The highest BCUT2D eigenvalue weighted by atomic mass is 16.5. The molecule has 1 heterocycles. The first-order valence-electron chi connectivity index (χ1n) is 11.7. The van der Waals surface area contributed by atoms with Crippen molar-refractivity contribution in [1.29, 1.82) is 0 Å². The predicted octanol–water partition coefficient (Wildman–Crippen LogP) is 5.49. The fraction of sp³-hybridized carbons (Fsp3) is 0.143. The van der Waals surface area contributed by atoms with Gasteiger partial charge < -0.3 is 25.6 Å². The first-order chi connectivity index (χ1) is 17.8. The van der Waals surface area contributed by atoms with Crippen LogP contribution in [0.15, 0.2) is 89.5 Å². The van der Waals surface area contributed by atoms with Gasteiger partial charge in [-0.2, -0.15) is 0 Å². The van der Waals surface area contributed by atoms with Crippen molar-refractivity contribution in [1.82, 2.24) is 10.5 Å². The number of rotatable bonds is 8. The summed E-state index contributed by atoms with van der Waals surface area (Å²) in [5, 5.41) is 21.7. The van der Waals surface area contributed by atoms with Gasteiger partial charge >= 0.3 is 12.0 Å². The van der Waals surface area contributed by atoms with E-state index in [1.54, 1.807) is 50.2 Å². The van der Waals surface area contributed by atoms with Gasteiger partial charge in [-0.15, -0.1) is 0 Å². The van der Waals surface area contributed by atoms with E-state index in [0.717, 1.165) is 0 Å². The molecule has 0 unspecified atom stereocenters. The molecule has 1 aromatic heterocycles. The number of hydrogen-bond donors (Lipinski definition) is 4. The molecule has 3 aromatic carbocycles. The molecule has 0 saturated heterocycles. The maximum absolute atomic E-state index is 13.1. The lowest BCUT2D eigenvalue weighted by Crippen LogP contribution is -2.44. The number of aromatic nitrogens is 1. The second kappa shape index (κ2) is 11.2. The number of carboxylic acids is 1. The van der Waals surface area contributed by atoms with Crippen molar-refractivity contribution >= 4 is 29.3 Å². The minimum Gasteiger partial charge on any atom is -0.480 e. The fourth-order valence-electron chi connectivity index (χ4n) is 3.76. The Balaban J connectivity index is 1.60. The summed E-state index contributed by atoms with van der Waals surface area (Å²) in [6, 6.07) is 23.6. The Hall–Kier alpha value is -4.92. The summed E-state index contributed by atoms with van der Waals surface area (Å²) >= 11 is 0. The molecule has 9 heteroatoms. The molecular formula is C28H26N4O5. The molecule has 4 rings (SSSR count). The van der Waals surface area contributed by atoms with E-state index in [1.807, 2.05) is 48.5 Å². The van der Waals surface area contributed by atoms with E-state index < -0.39 is 17.9 Å². The molecule has 0 bridgehead atoms. The second-order valence-corrected chi connectivity index (χ2v) is 8.66. The number of nitrogens with one attached hydrogen (secondary N) is 3. The van der Waals surface area contributed by atoms with E-state index in [4.69, 9.17) is 4.52 Å². The molecule has 188 valence electrons.